The Labute approximate surface area is 139 Å². The first-order valence-corrected chi connectivity index (χ1v) is 7.38. The lowest BCUT2D eigenvalue weighted by molar-refractivity contribution is -0.137. The number of alkyl halides is 3. The summed E-state index contributed by atoms with van der Waals surface area (Å²) in [5.41, 5.74) is -2.84. The van der Waals surface area contributed by atoms with E-state index in [9.17, 15) is 27.2 Å². The van der Waals surface area contributed by atoms with Crippen LogP contribution in [0.3, 0.4) is 0 Å². The molecule has 1 saturated carbocycles. The molecule has 2 N–H and O–H groups in total. The van der Waals surface area contributed by atoms with E-state index in [1.165, 1.54) is 6.92 Å². The van der Waals surface area contributed by atoms with Gasteiger partial charge in [-0.3, -0.25) is 9.59 Å². The number of hydrogen-bond acceptors (Lipinski definition) is 3. The van der Waals surface area contributed by atoms with E-state index in [2.05, 4.69) is 15.3 Å². The van der Waals surface area contributed by atoms with Crippen molar-refractivity contribution in [3.63, 3.8) is 0 Å². The summed E-state index contributed by atoms with van der Waals surface area (Å²) in [7, 11) is 0. The van der Waals surface area contributed by atoms with E-state index in [-0.39, 0.29) is 17.1 Å². The van der Waals surface area contributed by atoms with Crippen molar-refractivity contribution in [3.05, 3.63) is 63.1 Å². The molecule has 9 heteroatoms. The van der Waals surface area contributed by atoms with Crippen LogP contribution in [0.4, 0.5) is 17.6 Å². The van der Waals surface area contributed by atoms with Crippen LogP contribution in [0.2, 0.25) is 0 Å². The lowest BCUT2D eigenvalue weighted by Gasteiger charge is -2.19. The highest BCUT2D eigenvalue weighted by Gasteiger charge is 2.48. The summed E-state index contributed by atoms with van der Waals surface area (Å²) in [5, 5.41) is 2.58. The molecule has 1 aliphatic carbocycles. The Hall–Kier alpha value is -2.71. The lowest BCUT2D eigenvalue weighted by Crippen LogP contribution is -2.36. The molecule has 132 valence electrons. The van der Waals surface area contributed by atoms with Crippen LogP contribution in [-0.2, 0) is 11.7 Å². The summed E-state index contributed by atoms with van der Waals surface area (Å²) >= 11 is 0. The number of hydrogen-bond donors (Lipinski definition) is 2. The zero-order valence-corrected chi connectivity index (χ0v) is 13.0. The Bertz CT molecular complexity index is 901. The lowest BCUT2D eigenvalue weighted by atomic mass is 10.0. The van der Waals surface area contributed by atoms with Crippen molar-refractivity contribution in [2.75, 3.05) is 0 Å². The Kier molecular flexibility index (Phi) is 3.89. The third-order valence-corrected chi connectivity index (χ3v) is 4.01. The Morgan fingerprint density at radius 3 is 2.48 bits per heavy atom. The average molecular weight is 355 g/mol. The van der Waals surface area contributed by atoms with Crippen molar-refractivity contribution in [2.45, 2.75) is 31.5 Å². The van der Waals surface area contributed by atoms with Gasteiger partial charge in [0.15, 0.2) is 0 Å². The van der Waals surface area contributed by atoms with Crippen molar-refractivity contribution < 1.29 is 22.4 Å². The number of rotatable bonds is 3. The van der Waals surface area contributed by atoms with Crippen molar-refractivity contribution in [1.82, 2.24) is 15.3 Å². The molecule has 1 heterocycles. The zero-order valence-electron chi connectivity index (χ0n) is 13.0. The summed E-state index contributed by atoms with van der Waals surface area (Å²) in [6.45, 7) is 1.50. The molecule has 3 rings (SSSR count). The number of carbonyl (C=O) groups excluding carboxylic acids is 1. The third-order valence-electron chi connectivity index (χ3n) is 4.01. The van der Waals surface area contributed by atoms with Crippen LogP contribution in [0.5, 0.6) is 0 Å². The molecule has 0 unspecified atom stereocenters. The molecule has 0 bridgehead atoms. The fourth-order valence-electron chi connectivity index (χ4n) is 2.64. The molecule has 1 aromatic heterocycles. The molecular weight excluding hydrogens is 342 g/mol. The van der Waals surface area contributed by atoms with Gasteiger partial charge in [-0.2, -0.15) is 13.2 Å². The minimum atomic E-state index is -4.65. The van der Waals surface area contributed by atoms with E-state index >= 15 is 0 Å². The van der Waals surface area contributed by atoms with Gasteiger partial charge in [0, 0.05) is 11.6 Å². The second-order valence-corrected chi connectivity index (χ2v) is 5.94. The minimum absolute atomic E-state index is 0.0181. The molecule has 1 aliphatic rings. The van der Waals surface area contributed by atoms with Gasteiger partial charge < -0.3 is 10.3 Å². The Balaban J connectivity index is 1.88. The largest absolute Gasteiger partial charge is 0.416 e. The van der Waals surface area contributed by atoms with Crippen molar-refractivity contribution in [1.29, 1.82) is 0 Å². The number of nitrogens with zero attached hydrogens (tertiary/aromatic N) is 1. The second kappa shape index (κ2) is 5.68. The molecule has 0 atom stereocenters. The topological polar surface area (TPSA) is 74.8 Å². The molecule has 0 saturated heterocycles. The van der Waals surface area contributed by atoms with E-state index in [0.29, 0.717) is 18.9 Å². The summed E-state index contributed by atoms with van der Waals surface area (Å²) in [4.78, 5) is 30.0. The van der Waals surface area contributed by atoms with Crippen LogP contribution in [0.25, 0.3) is 0 Å². The molecule has 2 aromatic rings. The van der Waals surface area contributed by atoms with Gasteiger partial charge >= 0.3 is 6.18 Å². The van der Waals surface area contributed by atoms with Crippen LogP contribution < -0.4 is 10.9 Å². The number of aryl methyl sites for hydroxylation is 1. The molecular formula is C16H13F4N3O2. The van der Waals surface area contributed by atoms with Gasteiger partial charge in [0.05, 0.1) is 11.1 Å². The highest BCUT2D eigenvalue weighted by molar-refractivity contribution is 5.93. The maximum absolute atomic E-state index is 14.2. The van der Waals surface area contributed by atoms with E-state index < -0.39 is 34.6 Å². The van der Waals surface area contributed by atoms with Crippen LogP contribution >= 0.6 is 0 Å². The van der Waals surface area contributed by atoms with Gasteiger partial charge in [-0.25, -0.2) is 9.37 Å². The maximum Gasteiger partial charge on any atom is 0.416 e. The molecule has 0 radical (unpaired) electrons. The highest BCUT2D eigenvalue weighted by atomic mass is 19.4. The fourth-order valence-corrected chi connectivity index (χ4v) is 2.64. The van der Waals surface area contributed by atoms with Gasteiger partial charge in [0.2, 0.25) is 0 Å². The van der Waals surface area contributed by atoms with Gasteiger partial charge in [0.25, 0.3) is 11.5 Å². The molecule has 1 aromatic carbocycles. The molecule has 1 fully saturated rings. The Morgan fingerprint density at radius 2 is 1.96 bits per heavy atom. The van der Waals surface area contributed by atoms with E-state index in [4.69, 9.17) is 0 Å². The summed E-state index contributed by atoms with van der Waals surface area (Å²) < 4.78 is 52.1. The predicted octanol–water partition coefficient (Wildman–Crippen LogP) is 2.66. The van der Waals surface area contributed by atoms with E-state index in [1.807, 2.05) is 0 Å². The van der Waals surface area contributed by atoms with E-state index in [1.54, 1.807) is 0 Å². The first-order valence-electron chi connectivity index (χ1n) is 7.38. The zero-order chi connectivity index (χ0) is 18.4. The number of carbonyl (C=O) groups is 1. The van der Waals surface area contributed by atoms with Gasteiger partial charge in [-0.15, -0.1) is 0 Å². The van der Waals surface area contributed by atoms with Crippen molar-refractivity contribution >= 4 is 5.91 Å². The number of benzene rings is 1. The van der Waals surface area contributed by atoms with Gasteiger partial charge in [-0.1, -0.05) is 6.07 Å². The van der Waals surface area contributed by atoms with Gasteiger partial charge in [-0.05, 0) is 31.9 Å². The predicted molar refractivity (Wildman–Crippen MR) is 79.4 cm³/mol. The number of H-pyrrole nitrogens is 1. The standard InChI is InChI=1S/C16H13F4N3O2/c1-8-21-12(7-13(24)22-8)14(25)23-15(4-5-15)10-3-2-9(6-11(10)17)16(18,19)20/h2-3,6-7H,4-5H2,1H3,(H,23,25)(H,21,22,24). The molecule has 0 spiro atoms. The van der Waals surface area contributed by atoms with Crippen LogP contribution in [0.15, 0.2) is 29.1 Å². The monoisotopic (exact) mass is 355 g/mol. The van der Waals surface area contributed by atoms with Crippen molar-refractivity contribution in [3.8, 4) is 0 Å². The maximum atomic E-state index is 14.2. The third kappa shape index (κ3) is 3.40. The first-order chi connectivity index (χ1) is 11.6. The highest BCUT2D eigenvalue weighted by Crippen LogP contribution is 2.47. The SMILES string of the molecule is Cc1nc(C(=O)NC2(c3ccc(C(F)(F)F)cc3F)CC2)cc(=O)[nH]1. The number of aromatic nitrogens is 2. The second-order valence-electron chi connectivity index (χ2n) is 5.94. The van der Waals surface area contributed by atoms with E-state index in [0.717, 1.165) is 18.2 Å². The van der Waals surface area contributed by atoms with Gasteiger partial charge in [0.1, 0.15) is 17.3 Å². The van der Waals surface area contributed by atoms with Crippen LogP contribution in [0, 0.1) is 12.7 Å². The fraction of sp³-hybridized carbons (Fsp3) is 0.312. The average Bonchev–Trinajstić information content (AvgIpc) is 3.25. The number of amides is 1. The minimum Gasteiger partial charge on any atom is -0.341 e. The summed E-state index contributed by atoms with van der Waals surface area (Å²) in [6, 6.07) is 3.22. The molecule has 25 heavy (non-hydrogen) atoms. The molecule has 0 aliphatic heterocycles. The number of aromatic amines is 1. The number of nitrogens with one attached hydrogen (secondary N) is 2. The normalized spacial score (nSPS) is 15.7. The number of halogens is 4. The van der Waals surface area contributed by atoms with Crippen LogP contribution in [0.1, 0.15) is 40.3 Å². The van der Waals surface area contributed by atoms with Crippen molar-refractivity contribution in [2.24, 2.45) is 0 Å². The molecule has 1 amide bonds. The summed E-state index contributed by atoms with van der Waals surface area (Å²) in [5.74, 6) is -1.49. The smallest absolute Gasteiger partial charge is 0.341 e. The molecule has 5 nitrogen and oxygen atoms in total. The van der Waals surface area contributed by atoms with Crippen LogP contribution in [-0.4, -0.2) is 15.9 Å². The summed E-state index contributed by atoms with van der Waals surface area (Å²) in [6.07, 6.45) is -3.89. The first kappa shape index (κ1) is 17.1. The quantitative estimate of drug-likeness (QED) is 0.832. The Morgan fingerprint density at radius 1 is 1.28 bits per heavy atom.